The van der Waals surface area contributed by atoms with Crippen LogP contribution in [0.3, 0.4) is 0 Å². The molecule has 0 saturated heterocycles. The van der Waals surface area contributed by atoms with Crippen molar-refractivity contribution in [2.45, 2.75) is 54.0 Å². The summed E-state index contributed by atoms with van der Waals surface area (Å²) in [6, 6.07) is 3.55. The zero-order valence-electron chi connectivity index (χ0n) is 16.4. The van der Waals surface area contributed by atoms with E-state index in [2.05, 4.69) is 31.2 Å². The number of aryl methyl sites for hydroxylation is 2. The molecule has 0 unspecified atom stereocenters. The fraction of sp³-hybridized carbons (Fsp3) is 0.500. The van der Waals surface area contributed by atoms with Crippen molar-refractivity contribution < 1.29 is 9.53 Å². The smallest absolute Gasteiger partial charge is 0.224 e. The van der Waals surface area contributed by atoms with Crippen LogP contribution in [0.4, 0.5) is 5.69 Å². The minimum Gasteiger partial charge on any atom is -0.495 e. The molecule has 5 nitrogen and oxygen atoms in total. The van der Waals surface area contributed by atoms with Crippen LogP contribution < -0.4 is 10.1 Å². The largest absolute Gasteiger partial charge is 0.495 e. The van der Waals surface area contributed by atoms with Crippen LogP contribution in [0, 0.1) is 26.7 Å². The highest BCUT2D eigenvalue weighted by molar-refractivity contribution is 6.31. The molecule has 0 spiro atoms. The summed E-state index contributed by atoms with van der Waals surface area (Å²) in [4.78, 5) is 12.4. The molecule has 0 fully saturated rings. The minimum atomic E-state index is -0.0552. The summed E-state index contributed by atoms with van der Waals surface area (Å²) in [5.74, 6) is 1.04. The van der Waals surface area contributed by atoms with Crippen LogP contribution in [0.25, 0.3) is 0 Å². The number of ether oxygens (including phenoxy) is 1. The highest BCUT2D eigenvalue weighted by Crippen LogP contribution is 2.31. The SMILES string of the molecule is COc1cc(Cl)c(C)cc1NC(=O)CCc1c(C)nn(CC(C)C)c1C. The van der Waals surface area contributed by atoms with Crippen LogP contribution in [0.1, 0.15) is 42.8 Å². The van der Waals surface area contributed by atoms with Crippen LogP contribution in [0.5, 0.6) is 5.75 Å². The predicted octanol–water partition coefficient (Wildman–Crippen LogP) is 4.70. The van der Waals surface area contributed by atoms with E-state index in [4.69, 9.17) is 16.3 Å². The molecule has 0 bridgehead atoms. The molecule has 1 N–H and O–H groups in total. The van der Waals surface area contributed by atoms with Crippen LogP contribution >= 0.6 is 11.6 Å². The molecule has 1 heterocycles. The lowest BCUT2D eigenvalue weighted by Gasteiger charge is -2.12. The lowest BCUT2D eigenvalue weighted by atomic mass is 10.1. The van der Waals surface area contributed by atoms with E-state index in [1.165, 1.54) is 0 Å². The molecule has 2 aromatic rings. The van der Waals surface area contributed by atoms with E-state index in [-0.39, 0.29) is 5.91 Å². The van der Waals surface area contributed by atoms with Crippen molar-refractivity contribution in [3.63, 3.8) is 0 Å². The number of benzene rings is 1. The predicted molar refractivity (Wildman–Crippen MR) is 106 cm³/mol. The van der Waals surface area contributed by atoms with Crippen LogP contribution in [-0.4, -0.2) is 22.8 Å². The molecule has 1 amide bonds. The van der Waals surface area contributed by atoms with Crippen LogP contribution in [0.15, 0.2) is 12.1 Å². The number of carbonyl (C=O) groups excluding carboxylic acids is 1. The van der Waals surface area contributed by atoms with E-state index in [0.717, 1.165) is 29.1 Å². The average Bonchev–Trinajstić information content (AvgIpc) is 2.82. The molecule has 0 radical (unpaired) electrons. The number of hydrogen-bond acceptors (Lipinski definition) is 3. The van der Waals surface area contributed by atoms with Crippen LogP contribution in [0.2, 0.25) is 5.02 Å². The first-order valence-electron chi connectivity index (χ1n) is 8.89. The van der Waals surface area contributed by atoms with Gasteiger partial charge in [0.05, 0.1) is 18.5 Å². The second-order valence-electron chi connectivity index (χ2n) is 7.08. The Morgan fingerprint density at radius 2 is 2.00 bits per heavy atom. The zero-order chi connectivity index (χ0) is 19.4. The molecular formula is C20H28ClN3O2. The normalized spacial score (nSPS) is 11.1. The molecule has 0 aliphatic carbocycles. The average molecular weight is 378 g/mol. The van der Waals surface area contributed by atoms with Gasteiger partial charge in [0.2, 0.25) is 5.91 Å². The van der Waals surface area contributed by atoms with Crippen molar-refractivity contribution in [1.29, 1.82) is 0 Å². The van der Waals surface area contributed by atoms with Gasteiger partial charge in [0.25, 0.3) is 0 Å². The lowest BCUT2D eigenvalue weighted by molar-refractivity contribution is -0.116. The second-order valence-corrected chi connectivity index (χ2v) is 7.48. The molecule has 0 saturated carbocycles. The van der Waals surface area contributed by atoms with Gasteiger partial charge in [-0.25, -0.2) is 0 Å². The monoisotopic (exact) mass is 377 g/mol. The third kappa shape index (κ3) is 4.79. The Kier molecular flexibility index (Phi) is 6.70. The van der Waals surface area contributed by atoms with E-state index < -0.39 is 0 Å². The highest BCUT2D eigenvalue weighted by Gasteiger charge is 2.15. The van der Waals surface area contributed by atoms with Crippen molar-refractivity contribution in [1.82, 2.24) is 9.78 Å². The van der Waals surface area contributed by atoms with E-state index >= 15 is 0 Å². The van der Waals surface area contributed by atoms with Crippen molar-refractivity contribution in [3.8, 4) is 5.75 Å². The highest BCUT2D eigenvalue weighted by atomic mass is 35.5. The third-order valence-corrected chi connectivity index (χ3v) is 4.83. The van der Waals surface area contributed by atoms with Gasteiger partial charge >= 0.3 is 0 Å². The number of carbonyl (C=O) groups is 1. The molecule has 142 valence electrons. The number of rotatable bonds is 7. The van der Waals surface area contributed by atoms with Gasteiger partial charge in [0.1, 0.15) is 5.75 Å². The van der Waals surface area contributed by atoms with E-state index in [1.54, 1.807) is 13.2 Å². The van der Waals surface area contributed by atoms with Crippen LogP contribution in [-0.2, 0) is 17.8 Å². The van der Waals surface area contributed by atoms with Crippen molar-refractivity contribution >= 4 is 23.2 Å². The van der Waals surface area contributed by atoms with Crippen molar-refractivity contribution in [2.24, 2.45) is 5.92 Å². The van der Waals surface area contributed by atoms with E-state index in [9.17, 15) is 4.79 Å². The summed E-state index contributed by atoms with van der Waals surface area (Å²) in [7, 11) is 1.56. The van der Waals surface area contributed by atoms with E-state index in [1.807, 2.05) is 24.6 Å². The fourth-order valence-corrected chi connectivity index (χ4v) is 3.15. The number of methoxy groups -OCH3 is 1. The number of aromatic nitrogens is 2. The minimum absolute atomic E-state index is 0.0552. The maximum Gasteiger partial charge on any atom is 0.224 e. The first kappa shape index (κ1) is 20.3. The van der Waals surface area contributed by atoms with Gasteiger partial charge in [-0.1, -0.05) is 25.4 Å². The molecule has 26 heavy (non-hydrogen) atoms. The summed E-state index contributed by atoms with van der Waals surface area (Å²) < 4.78 is 7.35. The van der Waals surface area contributed by atoms with Gasteiger partial charge in [-0.05, 0) is 50.3 Å². The number of nitrogens with one attached hydrogen (secondary N) is 1. The number of amides is 1. The maximum atomic E-state index is 12.4. The summed E-state index contributed by atoms with van der Waals surface area (Å²) in [5.41, 5.74) is 4.83. The van der Waals surface area contributed by atoms with Gasteiger partial charge in [0, 0.05) is 29.7 Å². The molecule has 0 atom stereocenters. The Labute approximate surface area is 160 Å². The van der Waals surface area contributed by atoms with Crippen molar-refractivity contribution in [3.05, 3.63) is 39.7 Å². The number of nitrogens with zero attached hydrogens (tertiary/aromatic N) is 2. The third-order valence-electron chi connectivity index (χ3n) is 4.43. The fourth-order valence-electron chi connectivity index (χ4n) is 3.00. The molecular weight excluding hydrogens is 350 g/mol. The van der Waals surface area contributed by atoms with Gasteiger partial charge in [-0.3, -0.25) is 9.48 Å². The standard InChI is InChI=1S/C20H28ClN3O2/c1-12(2)11-24-15(5)16(14(4)23-24)7-8-20(25)22-18-9-13(3)17(21)10-19(18)26-6/h9-10,12H,7-8,11H2,1-6H3,(H,22,25). The molecule has 0 aliphatic rings. The molecule has 0 aliphatic heterocycles. The summed E-state index contributed by atoms with van der Waals surface area (Å²) >= 11 is 6.11. The molecule has 1 aromatic carbocycles. The van der Waals surface area contributed by atoms with Gasteiger partial charge in [-0.15, -0.1) is 0 Å². The Balaban J connectivity index is 2.06. The van der Waals surface area contributed by atoms with Crippen molar-refractivity contribution in [2.75, 3.05) is 12.4 Å². The molecule has 2 rings (SSSR count). The Morgan fingerprint density at radius 1 is 1.31 bits per heavy atom. The van der Waals surface area contributed by atoms with Gasteiger partial charge in [-0.2, -0.15) is 5.10 Å². The maximum absolute atomic E-state index is 12.4. The molecule has 6 heteroatoms. The topological polar surface area (TPSA) is 56.1 Å². The number of anilines is 1. The summed E-state index contributed by atoms with van der Waals surface area (Å²) in [6.45, 7) is 11.2. The Bertz CT molecular complexity index is 797. The van der Waals surface area contributed by atoms with Gasteiger partial charge in [0.15, 0.2) is 0 Å². The Hall–Kier alpha value is -2.01. The zero-order valence-corrected chi connectivity index (χ0v) is 17.2. The van der Waals surface area contributed by atoms with E-state index in [0.29, 0.717) is 35.2 Å². The summed E-state index contributed by atoms with van der Waals surface area (Å²) in [6.07, 6.45) is 1.05. The molecule has 1 aromatic heterocycles. The second kappa shape index (κ2) is 8.58. The lowest BCUT2D eigenvalue weighted by Crippen LogP contribution is -2.14. The van der Waals surface area contributed by atoms with Gasteiger partial charge < -0.3 is 10.1 Å². The number of hydrogen-bond donors (Lipinski definition) is 1. The number of halogens is 1. The Morgan fingerprint density at radius 3 is 2.62 bits per heavy atom. The quantitative estimate of drug-likeness (QED) is 0.760. The summed E-state index contributed by atoms with van der Waals surface area (Å²) in [5, 5.41) is 8.15. The first-order valence-corrected chi connectivity index (χ1v) is 9.27. The first-order chi connectivity index (χ1) is 12.2.